The number of benzene rings is 1. The maximum Gasteiger partial charge on any atom is 0.338 e. The summed E-state index contributed by atoms with van der Waals surface area (Å²) in [4.78, 5) is 26.7. The molecule has 29 heavy (non-hydrogen) atoms. The van der Waals surface area contributed by atoms with Crippen molar-refractivity contribution in [1.29, 1.82) is 0 Å². The highest BCUT2D eigenvalue weighted by Crippen LogP contribution is 2.40. The number of nitrogens with one attached hydrogen (secondary N) is 1. The van der Waals surface area contributed by atoms with Gasteiger partial charge in [-0.25, -0.2) is 9.59 Å². The molecule has 9 heteroatoms. The zero-order valence-electron chi connectivity index (χ0n) is 16.7. The smallest absolute Gasteiger partial charge is 0.338 e. The third-order valence-corrected chi connectivity index (χ3v) is 5.37. The van der Waals surface area contributed by atoms with Crippen LogP contribution < -0.4 is 10.1 Å². The summed E-state index contributed by atoms with van der Waals surface area (Å²) in [6, 6.07) is 1.89. The van der Waals surface area contributed by atoms with Crippen LogP contribution >= 0.6 is 11.6 Å². The van der Waals surface area contributed by atoms with Gasteiger partial charge in [0.05, 0.1) is 29.3 Å². The summed E-state index contributed by atoms with van der Waals surface area (Å²) in [6.07, 6.45) is 1.68. The van der Waals surface area contributed by atoms with E-state index in [1.807, 2.05) is 0 Å². The van der Waals surface area contributed by atoms with Gasteiger partial charge in [0.15, 0.2) is 11.5 Å². The molecule has 1 aromatic carbocycles. The molecule has 0 bridgehead atoms. The number of amides is 2. The maximum atomic E-state index is 12.9. The number of hydrogen-bond donors (Lipinski definition) is 2. The van der Waals surface area contributed by atoms with Crippen molar-refractivity contribution in [3.8, 4) is 11.5 Å². The van der Waals surface area contributed by atoms with Crippen LogP contribution in [-0.4, -0.2) is 55.0 Å². The summed E-state index contributed by atoms with van der Waals surface area (Å²) in [6.45, 7) is 4.59. The predicted molar refractivity (Wildman–Crippen MR) is 106 cm³/mol. The van der Waals surface area contributed by atoms with Gasteiger partial charge in [0.2, 0.25) is 0 Å². The molecule has 0 unspecified atom stereocenters. The molecule has 0 saturated carbocycles. The molecule has 3 rings (SSSR count). The van der Waals surface area contributed by atoms with E-state index in [0.29, 0.717) is 24.5 Å². The number of ether oxygens (including phenoxy) is 3. The Hall–Kier alpha value is -2.45. The van der Waals surface area contributed by atoms with Crippen molar-refractivity contribution in [1.82, 2.24) is 10.2 Å². The fraction of sp³-hybridized carbons (Fsp3) is 0.500. The monoisotopic (exact) mass is 424 g/mol. The van der Waals surface area contributed by atoms with Crippen molar-refractivity contribution >= 4 is 23.6 Å². The Morgan fingerprint density at radius 2 is 2.21 bits per heavy atom. The van der Waals surface area contributed by atoms with Crippen LogP contribution in [0.3, 0.4) is 0 Å². The Morgan fingerprint density at radius 1 is 1.45 bits per heavy atom. The van der Waals surface area contributed by atoms with E-state index in [1.54, 1.807) is 27.0 Å². The van der Waals surface area contributed by atoms with Gasteiger partial charge >= 0.3 is 12.0 Å². The Morgan fingerprint density at radius 3 is 2.86 bits per heavy atom. The zero-order chi connectivity index (χ0) is 21.1. The normalized spacial score (nSPS) is 21.9. The molecule has 2 aliphatic rings. The minimum atomic E-state index is -0.798. The largest absolute Gasteiger partial charge is 0.503 e. The van der Waals surface area contributed by atoms with E-state index in [2.05, 4.69) is 5.32 Å². The minimum Gasteiger partial charge on any atom is -0.503 e. The summed E-state index contributed by atoms with van der Waals surface area (Å²) < 4.78 is 16.4. The number of aromatic hydroxyl groups is 1. The molecule has 8 nitrogen and oxygen atoms in total. The Balaban J connectivity index is 1.94. The molecule has 158 valence electrons. The van der Waals surface area contributed by atoms with Crippen LogP contribution in [0.1, 0.15) is 38.3 Å². The molecule has 2 heterocycles. The summed E-state index contributed by atoms with van der Waals surface area (Å²) in [5.74, 6) is -0.565. The van der Waals surface area contributed by atoms with Crippen LogP contribution in [-0.2, 0) is 14.3 Å². The minimum absolute atomic E-state index is 0.0591. The number of urea groups is 1. The second-order valence-corrected chi connectivity index (χ2v) is 7.36. The summed E-state index contributed by atoms with van der Waals surface area (Å²) in [5, 5.41) is 13.0. The lowest BCUT2D eigenvalue weighted by Crippen LogP contribution is -2.46. The number of esters is 1. The average Bonchev–Trinajstić information content (AvgIpc) is 3.21. The van der Waals surface area contributed by atoms with Gasteiger partial charge < -0.3 is 29.5 Å². The second kappa shape index (κ2) is 8.92. The van der Waals surface area contributed by atoms with Crippen LogP contribution in [0, 0.1) is 0 Å². The van der Waals surface area contributed by atoms with E-state index >= 15 is 0 Å². The number of hydrogen-bond acceptors (Lipinski definition) is 6. The average molecular weight is 425 g/mol. The fourth-order valence-corrected chi connectivity index (χ4v) is 3.62. The third-order valence-electron chi connectivity index (χ3n) is 5.08. The highest BCUT2D eigenvalue weighted by atomic mass is 35.5. The molecular formula is C20H25ClN2O6. The Kier molecular flexibility index (Phi) is 6.54. The highest BCUT2D eigenvalue weighted by molar-refractivity contribution is 6.32. The van der Waals surface area contributed by atoms with E-state index in [4.69, 9.17) is 25.8 Å². The van der Waals surface area contributed by atoms with Crippen LogP contribution in [0.15, 0.2) is 23.4 Å². The number of allylic oxidation sites excluding steroid dienone is 1. The first-order valence-electron chi connectivity index (χ1n) is 9.52. The molecular weight excluding hydrogens is 400 g/mol. The maximum absolute atomic E-state index is 12.9. The Bertz CT molecular complexity index is 835. The molecule has 2 atom stereocenters. The molecule has 2 amide bonds. The molecule has 0 radical (unpaired) electrons. The highest BCUT2D eigenvalue weighted by Gasteiger charge is 2.36. The number of nitrogens with zero attached hydrogens (tertiary/aromatic N) is 1. The quantitative estimate of drug-likeness (QED) is 0.681. The topological polar surface area (TPSA) is 97.3 Å². The van der Waals surface area contributed by atoms with Crippen LogP contribution in [0.4, 0.5) is 4.79 Å². The van der Waals surface area contributed by atoms with Crippen LogP contribution in [0.5, 0.6) is 11.5 Å². The van der Waals surface area contributed by atoms with E-state index in [1.165, 1.54) is 11.0 Å². The van der Waals surface area contributed by atoms with Gasteiger partial charge in [0, 0.05) is 19.4 Å². The summed E-state index contributed by atoms with van der Waals surface area (Å²) >= 11 is 6.15. The van der Waals surface area contributed by atoms with Crippen LogP contribution in [0.2, 0.25) is 5.02 Å². The van der Waals surface area contributed by atoms with Gasteiger partial charge in [-0.1, -0.05) is 11.6 Å². The van der Waals surface area contributed by atoms with E-state index in [0.717, 1.165) is 12.8 Å². The van der Waals surface area contributed by atoms with Crippen LogP contribution in [0.25, 0.3) is 0 Å². The molecule has 0 aliphatic carbocycles. The van der Waals surface area contributed by atoms with Gasteiger partial charge in [-0.15, -0.1) is 0 Å². The first-order chi connectivity index (χ1) is 13.8. The predicted octanol–water partition coefficient (Wildman–Crippen LogP) is 3.14. The molecule has 1 aromatic rings. The number of carbonyl (C=O) groups is 2. The summed E-state index contributed by atoms with van der Waals surface area (Å²) in [7, 11) is 1.57. The lowest BCUT2D eigenvalue weighted by molar-refractivity contribution is -0.142. The first-order valence-corrected chi connectivity index (χ1v) is 9.90. The number of halogens is 1. The van der Waals surface area contributed by atoms with Gasteiger partial charge in [-0.2, -0.15) is 0 Å². The van der Waals surface area contributed by atoms with Crippen molar-refractivity contribution in [2.75, 3.05) is 26.9 Å². The summed E-state index contributed by atoms with van der Waals surface area (Å²) in [5.41, 5.74) is 1.26. The van der Waals surface area contributed by atoms with E-state index in [-0.39, 0.29) is 40.8 Å². The molecule has 2 aliphatic heterocycles. The van der Waals surface area contributed by atoms with Crippen molar-refractivity contribution in [2.45, 2.75) is 38.8 Å². The second-order valence-electron chi connectivity index (χ2n) is 6.96. The lowest BCUT2D eigenvalue weighted by atomic mass is 9.94. The van der Waals surface area contributed by atoms with Crippen molar-refractivity contribution in [3.63, 3.8) is 0 Å². The SMILES string of the molecule is CCOc1cc([C@@H]2NC(=O)N(C)C(C)=C2C(=O)OC[C@H]2CCCO2)cc(Cl)c1O. The molecule has 1 fully saturated rings. The van der Waals surface area contributed by atoms with E-state index in [9.17, 15) is 14.7 Å². The molecule has 2 N–H and O–H groups in total. The van der Waals surface area contributed by atoms with Gasteiger partial charge in [0.25, 0.3) is 0 Å². The van der Waals surface area contributed by atoms with Gasteiger partial charge in [-0.05, 0) is 44.4 Å². The first kappa shape index (κ1) is 21.3. The molecule has 1 saturated heterocycles. The molecule has 0 aromatic heterocycles. The number of phenolic OH excluding ortho intramolecular Hbond substituents is 1. The standard InChI is InChI=1S/C20H25ClN2O6/c1-4-27-15-9-12(8-14(21)18(15)24)17-16(11(2)23(3)20(26)22-17)19(25)29-10-13-6-5-7-28-13/h8-9,13,17,24H,4-7,10H2,1-3H3,(H,22,26)/t13-,17+/m1/s1. The van der Waals surface area contributed by atoms with E-state index < -0.39 is 12.0 Å². The lowest BCUT2D eigenvalue weighted by Gasteiger charge is -2.33. The van der Waals surface area contributed by atoms with Crippen molar-refractivity contribution in [2.24, 2.45) is 0 Å². The number of carbonyl (C=O) groups excluding carboxylic acids is 2. The van der Waals surface area contributed by atoms with Gasteiger partial charge in [-0.3, -0.25) is 0 Å². The zero-order valence-corrected chi connectivity index (χ0v) is 17.4. The third kappa shape index (κ3) is 4.43. The number of phenols is 1. The number of rotatable bonds is 6. The molecule has 0 spiro atoms. The Labute approximate surface area is 174 Å². The van der Waals surface area contributed by atoms with Gasteiger partial charge in [0.1, 0.15) is 6.61 Å². The van der Waals surface area contributed by atoms with Crippen molar-refractivity contribution < 1.29 is 28.9 Å². The fourth-order valence-electron chi connectivity index (χ4n) is 3.40. The van der Waals surface area contributed by atoms with Crippen molar-refractivity contribution in [3.05, 3.63) is 34.0 Å².